The Balaban J connectivity index is 1.60. The van der Waals surface area contributed by atoms with Crippen LogP contribution in [-0.4, -0.2) is 36.1 Å². The van der Waals surface area contributed by atoms with Crippen LogP contribution in [0, 0.1) is 6.92 Å². The normalized spacial score (nSPS) is 15.2. The van der Waals surface area contributed by atoms with Crippen LogP contribution < -0.4 is 10.2 Å². The molecule has 0 spiro atoms. The molecular weight excluding hydrogens is 264 g/mol. The molecule has 0 radical (unpaired) electrons. The van der Waals surface area contributed by atoms with E-state index in [4.69, 9.17) is 4.74 Å². The number of hydrogen-bond acceptors (Lipinski definition) is 4. The molecule has 0 amide bonds. The summed E-state index contributed by atoms with van der Waals surface area (Å²) < 4.78 is 7.22. The smallest absolute Gasteiger partial charge is 0.0825 e. The van der Waals surface area contributed by atoms with Crippen LogP contribution in [0.3, 0.4) is 0 Å². The van der Waals surface area contributed by atoms with Crippen molar-refractivity contribution in [2.45, 2.75) is 13.5 Å². The number of ether oxygens (including phenoxy) is 1. The van der Waals surface area contributed by atoms with Crippen LogP contribution in [0.5, 0.6) is 0 Å². The zero-order valence-corrected chi connectivity index (χ0v) is 12.7. The van der Waals surface area contributed by atoms with Gasteiger partial charge in [0.2, 0.25) is 0 Å². The van der Waals surface area contributed by atoms with Crippen molar-refractivity contribution in [2.24, 2.45) is 7.05 Å². The summed E-state index contributed by atoms with van der Waals surface area (Å²) in [5.41, 5.74) is 4.67. The molecule has 1 aliphatic heterocycles. The van der Waals surface area contributed by atoms with Gasteiger partial charge in [0.25, 0.3) is 0 Å². The number of anilines is 2. The van der Waals surface area contributed by atoms with E-state index in [1.54, 1.807) is 0 Å². The van der Waals surface area contributed by atoms with Crippen molar-refractivity contribution in [2.75, 3.05) is 36.5 Å². The van der Waals surface area contributed by atoms with Crippen molar-refractivity contribution in [3.8, 4) is 0 Å². The van der Waals surface area contributed by atoms with Crippen molar-refractivity contribution in [3.05, 3.63) is 41.7 Å². The summed E-state index contributed by atoms with van der Waals surface area (Å²) in [6.45, 7) is 6.44. The molecule has 0 unspecified atom stereocenters. The van der Waals surface area contributed by atoms with Crippen LogP contribution in [0.2, 0.25) is 0 Å². The summed E-state index contributed by atoms with van der Waals surface area (Å²) in [5.74, 6) is 0. The SMILES string of the molecule is Cc1nn(C)cc1NCc1ccc(N2CCOCC2)cc1. The third kappa shape index (κ3) is 3.36. The van der Waals surface area contributed by atoms with Crippen LogP contribution in [0.25, 0.3) is 0 Å². The molecular formula is C16H22N4O. The van der Waals surface area contributed by atoms with Gasteiger partial charge in [0.15, 0.2) is 0 Å². The highest BCUT2D eigenvalue weighted by atomic mass is 16.5. The molecule has 0 saturated carbocycles. The zero-order chi connectivity index (χ0) is 14.7. The highest BCUT2D eigenvalue weighted by Crippen LogP contribution is 2.18. The first-order valence-electron chi connectivity index (χ1n) is 7.38. The van der Waals surface area contributed by atoms with Gasteiger partial charge in [-0.3, -0.25) is 4.68 Å². The van der Waals surface area contributed by atoms with Gasteiger partial charge in [-0.1, -0.05) is 12.1 Å². The van der Waals surface area contributed by atoms with Crippen molar-refractivity contribution in [1.82, 2.24) is 9.78 Å². The molecule has 1 saturated heterocycles. The van der Waals surface area contributed by atoms with E-state index < -0.39 is 0 Å². The van der Waals surface area contributed by atoms with Crippen molar-refractivity contribution >= 4 is 11.4 Å². The van der Waals surface area contributed by atoms with E-state index in [2.05, 4.69) is 39.6 Å². The first-order valence-corrected chi connectivity index (χ1v) is 7.38. The molecule has 2 aromatic rings. The standard InChI is InChI=1S/C16H22N4O/c1-13-16(12-19(2)18-13)17-11-14-3-5-15(6-4-14)20-7-9-21-10-8-20/h3-6,12,17H,7-11H2,1-2H3. The average molecular weight is 286 g/mol. The molecule has 5 nitrogen and oxygen atoms in total. The Labute approximate surface area is 125 Å². The van der Waals surface area contributed by atoms with Gasteiger partial charge in [0.1, 0.15) is 0 Å². The molecule has 1 aromatic carbocycles. The van der Waals surface area contributed by atoms with Gasteiger partial charge in [-0.05, 0) is 24.6 Å². The fourth-order valence-electron chi connectivity index (χ4n) is 2.62. The van der Waals surface area contributed by atoms with Crippen LogP contribution in [0.4, 0.5) is 11.4 Å². The van der Waals surface area contributed by atoms with Gasteiger partial charge < -0.3 is 15.0 Å². The minimum absolute atomic E-state index is 0.815. The largest absolute Gasteiger partial charge is 0.378 e. The summed E-state index contributed by atoms with van der Waals surface area (Å²) in [6, 6.07) is 8.75. The molecule has 2 heterocycles. The predicted octanol–water partition coefficient (Wildman–Crippen LogP) is 2.18. The molecule has 3 rings (SSSR count). The number of benzene rings is 1. The van der Waals surface area contributed by atoms with E-state index in [1.807, 2.05) is 24.9 Å². The number of nitrogens with zero attached hydrogens (tertiary/aromatic N) is 3. The molecule has 0 atom stereocenters. The number of rotatable bonds is 4. The minimum Gasteiger partial charge on any atom is -0.378 e. The second-order valence-corrected chi connectivity index (χ2v) is 5.42. The van der Waals surface area contributed by atoms with E-state index in [1.165, 1.54) is 11.3 Å². The molecule has 1 fully saturated rings. The molecule has 0 bridgehead atoms. The Kier molecular flexibility index (Phi) is 4.10. The highest BCUT2D eigenvalue weighted by molar-refractivity contribution is 5.50. The predicted molar refractivity (Wildman–Crippen MR) is 84.7 cm³/mol. The maximum absolute atomic E-state index is 5.39. The van der Waals surface area contributed by atoms with E-state index in [9.17, 15) is 0 Å². The Morgan fingerprint density at radius 3 is 2.52 bits per heavy atom. The van der Waals surface area contributed by atoms with Crippen molar-refractivity contribution in [1.29, 1.82) is 0 Å². The van der Waals surface area contributed by atoms with E-state index in [-0.39, 0.29) is 0 Å². The summed E-state index contributed by atoms with van der Waals surface area (Å²) in [5, 5.41) is 7.77. The van der Waals surface area contributed by atoms with Gasteiger partial charge in [0, 0.05) is 38.6 Å². The molecule has 0 aliphatic carbocycles. The van der Waals surface area contributed by atoms with Gasteiger partial charge >= 0.3 is 0 Å². The summed E-state index contributed by atoms with van der Waals surface area (Å²) in [4.78, 5) is 2.37. The number of nitrogens with one attached hydrogen (secondary N) is 1. The summed E-state index contributed by atoms with van der Waals surface area (Å²) >= 11 is 0. The van der Waals surface area contributed by atoms with E-state index in [0.29, 0.717) is 0 Å². The number of aryl methyl sites for hydroxylation is 2. The molecule has 112 valence electrons. The quantitative estimate of drug-likeness (QED) is 0.935. The monoisotopic (exact) mass is 286 g/mol. The average Bonchev–Trinajstić information content (AvgIpc) is 2.84. The highest BCUT2D eigenvalue weighted by Gasteiger charge is 2.10. The van der Waals surface area contributed by atoms with Crippen LogP contribution >= 0.6 is 0 Å². The number of aromatic nitrogens is 2. The van der Waals surface area contributed by atoms with Crippen LogP contribution in [0.1, 0.15) is 11.3 Å². The van der Waals surface area contributed by atoms with E-state index >= 15 is 0 Å². The number of morpholine rings is 1. The van der Waals surface area contributed by atoms with Gasteiger partial charge in [-0.25, -0.2) is 0 Å². The third-order valence-corrected chi connectivity index (χ3v) is 3.81. The first-order chi connectivity index (χ1) is 10.2. The molecule has 21 heavy (non-hydrogen) atoms. The Morgan fingerprint density at radius 1 is 1.19 bits per heavy atom. The maximum Gasteiger partial charge on any atom is 0.0825 e. The Morgan fingerprint density at radius 2 is 1.90 bits per heavy atom. The molecule has 1 aliphatic rings. The second-order valence-electron chi connectivity index (χ2n) is 5.42. The summed E-state index contributed by atoms with van der Waals surface area (Å²) in [6.07, 6.45) is 2.01. The maximum atomic E-state index is 5.39. The summed E-state index contributed by atoms with van der Waals surface area (Å²) in [7, 11) is 1.94. The molecule has 5 heteroatoms. The lowest BCUT2D eigenvalue weighted by Gasteiger charge is -2.28. The lowest BCUT2D eigenvalue weighted by atomic mass is 10.2. The zero-order valence-electron chi connectivity index (χ0n) is 12.7. The van der Waals surface area contributed by atoms with Crippen molar-refractivity contribution < 1.29 is 4.74 Å². The van der Waals surface area contributed by atoms with Gasteiger partial charge in [-0.15, -0.1) is 0 Å². The fraction of sp³-hybridized carbons (Fsp3) is 0.438. The van der Waals surface area contributed by atoms with Crippen LogP contribution in [-0.2, 0) is 18.3 Å². The third-order valence-electron chi connectivity index (χ3n) is 3.81. The minimum atomic E-state index is 0.815. The lowest BCUT2D eigenvalue weighted by molar-refractivity contribution is 0.122. The molecule has 1 N–H and O–H groups in total. The van der Waals surface area contributed by atoms with Gasteiger partial charge in [-0.2, -0.15) is 5.10 Å². The van der Waals surface area contributed by atoms with Crippen molar-refractivity contribution in [3.63, 3.8) is 0 Å². The first kappa shape index (κ1) is 13.9. The molecule has 1 aromatic heterocycles. The Bertz CT molecular complexity index is 585. The second kappa shape index (κ2) is 6.18. The Hall–Kier alpha value is -2.01. The fourth-order valence-corrected chi connectivity index (χ4v) is 2.62. The topological polar surface area (TPSA) is 42.3 Å². The number of hydrogen-bond donors (Lipinski definition) is 1. The van der Waals surface area contributed by atoms with Crippen LogP contribution in [0.15, 0.2) is 30.5 Å². The lowest BCUT2D eigenvalue weighted by Crippen LogP contribution is -2.36. The van der Waals surface area contributed by atoms with E-state index in [0.717, 1.165) is 44.2 Å². The van der Waals surface area contributed by atoms with Gasteiger partial charge in [0.05, 0.1) is 24.6 Å².